The Balaban J connectivity index is 2.23. The van der Waals surface area contributed by atoms with Crippen LogP contribution in [0.2, 0.25) is 0 Å². The SMILES string of the molecule is CCC1(CC)C(O)CC1Oc1c(I)cc(I)cc1I. The van der Waals surface area contributed by atoms with Crippen molar-refractivity contribution in [3.05, 3.63) is 22.8 Å². The van der Waals surface area contributed by atoms with Gasteiger partial charge in [0.25, 0.3) is 0 Å². The molecule has 1 aromatic rings. The molecule has 2 nitrogen and oxygen atoms in total. The van der Waals surface area contributed by atoms with E-state index in [9.17, 15) is 5.11 Å². The highest BCUT2D eigenvalue weighted by atomic mass is 127. The number of aliphatic hydroxyl groups excluding tert-OH is 1. The number of aliphatic hydroxyl groups is 1. The van der Waals surface area contributed by atoms with Crippen LogP contribution in [0.3, 0.4) is 0 Å². The van der Waals surface area contributed by atoms with Gasteiger partial charge in [-0.25, -0.2) is 0 Å². The molecule has 1 aliphatic rings. The van der Waals surface area contributed by atoms with Crippen molar-refractivity contribution in [1.29, 1.82) is 0 Å². The average molecular weight is 598 g/mol. The Labute approximate surface area is 155 Å². The Bertz CT molecular complexity index is 449. The Morgan fingerprint density at radius 1 is 1.21 bits per heavy atom. The topological polar surface area (TPSA) is 29.5 Å². The highest BCUT2D eigenvalue weighted by Gasteiger charge is 2.53. The predicted molar refractivity (Wildman–Crippen MR) is 103 cm³/mol. The summed E-state index contributed by atoms with van der Waals surface area (Å²) in [5.74, 6) is 0.977. The fraction of sp³-hybridized carbons (Fsp3) is 0.571. The molecular weight excluding hydrogens is 581 g/mol. The van der Waals surface area contributed by atoms with Crippen LogP contribution >= 0.6 is 67.8 Å². The molecule has 5 heteroatoms. The largest absolute Gasteiger partial charge is 0.487 e. The summed E-state index contributed by atoms with van der Waals surface area (Å²) in [6, 6.07) is 4.26. The first-order chi connectivity index (χ1) is 8.94. The van der Waals surface area contributed by atoms with Crippen molar-refractivity contribution >= 4 is 67.8 Å². The molecule has 2 unspecified atom stereocenters. The normalized spacial score (nSPS) is 24.9. The predicted octanol–water partition coefficient (Wildman–Crippen LogP) is 4.82. The van der Waals surface area contributed by atoms with Crippen LogP contribution in [0.15, 0.2) is 12.1 Å². The number of ether oxygens (including phenoxy) is 1. The third kappa shape index (κ3) is 3.03. The van der Waals surface area contributed by atoms with Crippen molar-refractivity contribution in [1.82, 2.24) is 0 Å². The third-order valence-corrected chi connectivity index (χ3v) is 6.51. The van der Waals surface area contributed by atoms with Gasteiger partial charge in [-0.3, -0.25) is 0 Å². The van der Waals surface area contributed by atoms with Crippen LogP contribution in [-0.4, -0.2) is 17.3 Å². The summed E-state index contributed by atoms with van der Waals surface area (Å²) >= 11 is 6.98. The summed E-state index contributed by atoms with van der Waals surface area (Å²) in [4.78, 5) is 0. The van der Waals surface area contributed by atoms with Crippen LogP contribution < -0.4 is 4.74 Å². The van der Waals surface area contributed by atoms with Crippen LogP contribution in [0.1, 0.15) is 33.1 Å². The lowest BCUT2D eigenvalue weighted by Gasteiger charge is -2.52. The maximum atomic E-state index is 10.1. The van der Waals surface area contributed by atoms with E-state index in [1.54, 1.807) is 0 Å². The molecule has 0 radical (unpaired) electrons. The molecule has 2 rings (SSSR count). The summed E-state index contributed by atoms with van der Waals surface area (Å²) < 4.78 is 9.78. The molecule has 0 aromatic heterocycles. The first-order valence-corrected chi connectivity index (χ1v) is 9.67. The Hall–Kier alpha value is 1.17. The first-order valence-electron chi connectivity index (χ1n) is 6.43. The number of rotatable bonds is 4. The molecule has 1 aliphatic carbocycles. The molecule has 0 bridgehead atoms. The summed E-state index contributed by atoms with van der Waals surface area (Å²) in [6.07, 6.45) is 2.60. The quantitative estimate of drug-likeness (QED) is 0.505. The third-order valence-electron chi connectivity index (χ3n) is 4.28. The van der Waals surface area contributed by atoms with Gasteiger partial charge in [-0.15, -0.1) is 0 Å². The highest BCUT2D eigenvalue weighted by molar-refractivity contribution is 14.1. The summed E-state index contributed by atoms with van der Waals surface area (Å²) in [7, 11) is 0. The number of hydrogen-bond donors (Lipinski definition) is 1. The molecule has 0 spiro atoms. The van der Waals surface area contributed by atoms with E-state index in [-0.39, 0.29) is 17.6 Å². The second kappa shape index (κ2) is 6.51. The molecule has 0 amide bonds. The minimum atomic E-state index is -0.216. The van der Waals surface area contributed by atoms with E-state index >= 15 is 0 Å². The zero-order valence-corrected chi connectivity index (χ0v) is 17.4. The van der Waals surface area contributed by atoms with E-state index in [2.05, 4.69) is 93.8 Å². The van der Waals surface area contributed by atoms with E-state index in [4.69, 9.17) is 4.74 Å². The van der Waals surface area contributed by atoms with E-state index in [0.29, 0.717) is 0 Å². The van der Waals surface area contributed by atoms with Crippen LogP contribution in [0.4, 0.5) is 0 Å². The van der Waals surface area contributed by atoms with Crippen LogP contribution in [-0.2, 0) is 0 Å². The van der Waals surface area contributed by atoms with Gasteiger partial charge >= 0.3 is 0 Å². The van der Waals surface area contributed by atoms with Crippen LogP contribution in [0.25, 0.3) is 0 Å². The van der Waals surface area contributed by atoms with Gasteiger partial charge in [0.15, 0.2) is 0 Å². The smallest absolute Gasteiger partial charge is 0.146 e. The molecule has 0 heterocycles. The molecule has 0 saturated heterocycles. The van der Waals surface area contributed by atoms with Gasteiger partial charge in [-0.2, -0.15) is 0 Å². The van der Waals surface area contributed by atoms with E-state index in [0.717, 1.165) is 32.2 Å². The summed E-state index contributed by atoms with van der Waals surface area (Å²) in [5, 5.41) is 10.1. The van der Waals surface area contributed by atoms with Crippen LogP contribution in [0, 0.1) is 16.1 Å². The van der Waals surface area contributed by atoms with Gasteiger partial charge in [0, 0.05) is 15.4 Å². The van der Waals surface area contributed by atoms with E-state index < -0.39 is 0 Å². The molecule has 1 saturated carbocycles. The number of hydrogen-bond acceptors (Lipinski definition) is 2. The van der Waals surface area contributed by atoms with Gasteiger partial charge in [0.2, 0.25) is 0 Å². The Morgan fingerprint density at radius 3 is 2.16 bits per heavy atom. The lowest BCUT2D eigenvalue weighted by Crippen LogP contribution is -2.59. The van der Waals surface area contributed by atoms with Crippen molar-refractivity contribution in [2.45, 2.75) is 45.3 Å². The Kier molecular flexibility index (Phi) is 5.67. The zero-order chi connectivity index (χ0) is 14.2. The minimum Gasteiger partial charge on any atom is -0.487 e. The monoisotopic (exact) mass is 598 g/mol. The Morgan fingerprint density at radius 2 is 1.74 bits per heavy atom. The molecule has 2 atom stereocenters. The summed E-state index contributed by atoms with van der Waals surface area (Å²) in [5.41, 5.74) is -0.0604. The second-order valence-corrected chi connectivity index (χ2v) is 8.57. The molecule has 0 aliphatic heterocycles. The highest BCUT2D eigenvalue weighted by Crippen LogP contribution is 2.49. The number of benzene rings is 1. The fourth-order valence-electron chi connectivity index (χ4n) is 2.85. The zero-order valence-electron chi connectivity index (χ0n) is 10.9. The second-order valence-electron chi connectivity index (χ2n) is 5.00. The van der Waals surface area contributed by atoms with Crippen molar-refractivity contribution < 1.29 is 9.84 Å². The van der Waals surface area contributed by atoms with Gasteiger partial charge in [0.05, 0.1) is 13.2 Å². The van der Waals surface area contributed by atoms with Gasteiger partial charge < -0.3 is 9.84 Å². The lowest BCUT2D eigenvalue weighted by molar-refractivity contribution is -0.160. The average Bonchev–Trinajstić information content (AvgIpc) is 2.33. The minimum absolute atomic E-state index is 0.0604. The van der Waals surface area contributed by atoms with Crippen molar-refractivity contribution in [3.63, 3.8) is 0 Å². The maximum Gasteiger partial charge on any atom is 0.146 e. The molecule has 1 aromatic carbocycles. The standard InChI is InChI=1S/C14H17I3O2/c1-3-14(4-2)11(18)7-12(14)19-13-9(16)5-8(15)6-10(13)17/h5-6,11-12,18H,3-4,7H2,1-2H3. The lowest BCUT2D eigenvalue weighted by atomic mass is 9.60. The number of halogens is 3. The van der Waals surface area contributed by atoms with Crippen LogP contribution in [0.5, 0.6) is 5.75 Å². The van der Waals surface area contributed by atoms with Gasteiger partial charge in [-0.05, 0) is 92.7 Å². The molecule has 1 fully saturated rings. The van der Waals surface area contributed by atoms with E-state index in [1.807, 2.05) is 0 Å². The maximum absolute atomic E-state index is 10.1. The first kappa shape index (κ1) is 16.5. The fourth-order valence-corrected chi connectivity index (χ4v) is 6.69. The van der Waals surface area contributed by atoms with E-state index in [1.165, 1.54) is 3.57 Å². The van der Waals surface area contributed by atoms with Crippen molar-refractivity contribution in [2.75, 3.05) is 0 Å². The van der Waals surface area contributed by atoms with Crippen molar-refractivity contribution in [2.24, 2.45) is 5.41 Å². The van der Waals surface area contributed by atoms with Crippen molar-refractivity contribution in [3.8, 4) is 5.75 Å². The molecule has 19 heavy (non-hydrogen) atoms. The van der Waals surface area contributed by atoms with Gasteiger partial charge in [0.1, 0.15) is 11.9 Å². The summed E-state index contributed by atoms with van der Waals surface area (Å²) in [6.45, 7) is 4.29. The van der Waals surface area contributed by atoms with Gasteiger partial charge in [-0.1, -0.05) is 13.8 Å². The molecular formula is C14H17I3O2. The molecule has 1 N–H and O–H groups in total. The molecule has 106 valence electrons.